The number of rotatable bonds is 4. The van der Waals surface area contributed by atoms with E-state index in [1.165, 1.54) is 22.8 Å². The maximum absolute atomic E-state index is 13.7. The van der Waals surface area contributed by atoms with Gasteiger partial charge in [0.05, 0.1) is 23.6 Å². The number of hydrogen-bond acceptors (Lipinski definition) is 4. The number of halogens is 4. The van der Waals surface area contributed by atoms with Gasteiger partial charge in [0.25, 0.3) is 5.56 Å². The summed E-state index contributed by atoms with van der Waals surface area (Å²) in [7, 11) is 0. The van der Waals surface area contributed by atoms with Crippen molar-refractivity contribution >= 4 is 17.3 Å². The van der Waals surface area contributed by atoms with Gasteiger partial charge in [-0.15, -0.1) is 5.10 Å². The largest absolute Gasteiger partial charge is 0.436 e. The van der Waals surface area contributed by atoms with E-state index >= 15 is 0 Å². The predicted molar refractivity (Wildman–Crippen MR) is 158 cm³/mol. The van der Waals surface area contributed by atoms with Gasteiger partial charge in [0, 0.05) is 40.9 Å². The van der Waals surface area contributed by atoms with E-state index in [1.807, 2.05) is 16.8 Å². The number of nitrogens with zero attached hydrogens (tertiary/aromatic N) is 5. The molecule has 0 N–H and O–H groups in total. The normalized spacial score (nSPS) is 22.1. The maximum Gasteiger partial charge on any atom is 0.436 e. The third-order valence-corrected chi connectivity index (χ3v) is 9.40. The quantitative estimate of drug-likeness (QED) is 0.232. The Hall–Kier alpha value is -4.24. The van der Waals surface area contributed by atoms with Crippen molar-refractivity contribution in [2.45, 2.75) is 50.2 Å². The van der Waals surface area contributed by atoms with Crippen molar-refractivity contribution in [2.75, 3.05) is 0 Å². The van der Waals surface area contributed by atoms with Gasteiger partial charge in [-0.25, -0.2) is 4.68 Å². The Balaban J connectivity index is 1.11. The van der Waals surface area contributed by atoms with Crippen molar-refractivity contribution in [1.82, 2.24) is 19.6 Å². The second kappa shape index (κ2) is 9.38. The summed E-state index contributed by atoms with van der Waals surface area (Å²) in [5.74, 6) is 0.562. The smallest absolute Gasteiger partial charge is 0.305 e. The van der Waals surface area contributed by atoms with E-state index in [1.54, 1.807) is 18.2 Å². The Morgan fingerprint density at radius 2 is 1.84 bits per heavy atom. The summed E-state index contributed by atoms with van der Waals surface area (Å²) in [6, 6.07) is 14.8. The molecule has 6 nitrogen and oxygen atoms in total. The Kier molecular flexibility index (Phi) is 5.76. The molecule has 216 valence electrons. The first kappa shape index (κ1) is 26.4. The van der Waals surface area contributed by atoms with Gasteiger partial charge in [-0.1, -0.05) is 41.1 Å². The molecule has 2 aromatic carbocycles. The minimum atomic E-state index is -4.62. The van der Waals surface area contributed by atoms with E-state index in [-0.39, 0.29) is 17.5 Å². The molecular formula is C33H25ClF3N5O. The first-order chi connectivity index (χ1) is 20.6. The molecular weight excluding hydrogens is 575 g/mol. The van der Waals surface area contributed by atoms with Crippen molar-refractivity contribution < 1.29 is 13.2 Å². The summed E-state index contributed by atoms with van der Waals surface area (Å²) in [6.07, 6.45) is 2.77. The number of pyridine rings is 1. The summed E-state index contributed by atoms with van der Waals surface area (Å²) in [6.45, 7) is 4.15. The summed E-state index contributed by atoms with van der Waals surface area (Å²) in [5, 5.41) is 7.39. The maximum atomic E-state index is 13.7. The van der Waals surface area contributed by atoms with E-state index < -0.39 is 11.9 Å². The summed E-state index contributed by atoms with van der Waals surface area (Å²) < 4.78 is 42.6. The zero-order valence-electron chi connectivity index (χ0n) is 22.9. The first-order valence-electron chi connectivity index (χ1n) is 14.2. The molecule has 4 aromatic rings. The molecule has 43 heavy (non-hydrogen) atoms. The SMILES string of the molecule is C=C1CCc2cc(C3=NC=C(C4C5CC5c5cc(-c6cc(Cl)ccc6-n6cc(C(F)(F)F)nn6)cc(=O)n54)C3)ccc2C1. The molecule has 2 aromatic heterocycles. The third-order valence-electron chi connectivity index (χ3n) is 9.17. The van der Waals surface area contributed by atoms with Crippen LogP contribution in [-0.2, 0) is 19.0 Å². The van der Waals surface area contributed by atoms with Crippen LogP contribution < -0.4 is 5.56 Å². The molecule has 10 heteroatoms. The van der Waals surface area contributed by atoms with E-state index in [2.05, 4.69) is 35.1 Å². The fourth-order valence-corrected chi connectivity index (χ4v) is 7.18. The van der Waals surface area contributed by atoms with Gasteiger partial charge in [-0.05, 0) is 89.8 Å². The van der Waals surface area contributed by atoms with Crippen LogP contribution in [0.4, 0.5) is 13.2 Å². The molecule has 0 bridgehead atoms. The summed E-state index contributed by atoms with van der Waals surface area (Å²) >= 11 is 6.31. The van der Waals surface area contributed by atoms with Gasteiger partial charge in [0.15, 0.2) is 5.69 Å². The second-order valence-electron chi connectivity index (χ2n) is 11.9. The predicted octanol–water partition coefficient (Wildman–Crippen LogP) is 7.25. The average molecular weight is 600 g/mol. The van der Waals surface area contributed by atoms with Crippen LogP contribution in [0.2, 0.25) is 5.02 Å². The summed E-state index contributed by atoms with van der Waals surface area (Å²) in [4.78, 5) is 18.5. The molecule has 3 unspecified atom stereocenters. The second-order valence-corrected chi connectivity index (χ2v) is 12.3. The molecule has 3 atom stereocenters. The Morgan fingerprint density at radius 3 is 2.65 bits per heavy atom. The fourth-order valence-electron chi connectivity index (χ4n) is 7.01. The van der Waals surface area contributed by atoms with Crippen molar-refractivity contribution in [1.29, 1.82) is 0 Å². The highest BCUT2D eigenvalue weighted by Crippen LogP contribution is 2.61. The lowest BCUT2D eigenvalue weighted by Crippen LogP contribution is -2.26. The van der Waals surface area contributed by atoms with Crippen molar-refractivity contribution in [3.8, 4) is 16.8 Å². The van der Waals surface area contributed by atoms with E-state index in [4.69, 9.17) is 16.6 Å². The van der Waals surface area contributed by atoms with Crippen LogP contribution in [-0.4, -0.2) is 25.3 Å². The van der Waals surface area contributed by atoms with E-state index in [9.17, 15) is 18.0 Å². The Morgan fingerprint density at radius 1 is 0.977 bits per heavy atom. The minimum Gasteiger partial charge on any atom is -0.305 e. The van der Waals surface area contributed by atoms with Gasteiger partial charge < -0.3 is 4.57 Å². The number of alkyl halides is 3. The van der Waals surface area contributed by atoms with Crippen LogP contribution in [0.1, 0.15) is 59.3 Å². The Bertz CT molecular complexity index is 1980. The molecule has 1 saturated carbocycles. The van der Waals surface area contributed by atoms with E-state index in [0.29, 0.717) is 34.2 Å². The van der Waals surface area contributed by atoms with E-state index in [0.717, 1.165) is 59.1 Å². The van der Waals surface area contributed by atoms with Crippen molar-refractivity contribution in [3.63, 3.8) is 0 Å². The molecule has 1 fully saturated rings. The van der Waals surface area contributed by atoms with Gasteiger partial charge in [0.2, 0.25) is 0 Å². The number of aryl methyl sites for hydroxylation is 1. The van der Waals surface area contributed by atoms with Gasteiger partial charge in [-0.2, -0.15) is 13.2 Å². The number of aliphatic imine (C=N–C) groups is 1. The number of fused-ring (bicyclic) bond motifs is 4. The average Bonchev–Trinajstić information content (AvgIpc) is 3.30. The lowest BCUT2D eigenvalue weighted by Gasteiger charge is -2.21. The summed E-state index contributed by atoms with van der Waals surface area (Å²) in [5.41, 5.74) is 8.37. The van der Waals surface area contributed by atoms with Crippen LogP contribution in [0, 0.1) is 5.92 Å². The molecule has 0 saturated heterocycles. The Labute approximate surface area is 249 Å². The van der Waals surface area contributed by atoms with Gasteiger partial charge in [-0.3, -0.25) is 9.79 Å². The lowest BCUT2D eigenvalue weighted by atomic mass is 9.86. The zero-order chi connectivity index (χ0) is 29.6. The highest BCUT2D eigenvalue weighted by atomic mass is 35.5. The molecule has 0 spiro atoms. The topological polar surface area (TPSA) is 65.1 Å². The molecule has 2 aliphatic carbocycles. The van der Waals surface area contributed by atoms with Crippen molar-refractivity contribution in [2.24, 2.45) is 10.9 Å². The van der Waals surface area contributed by atoms with Crippen LogP contribution in [0.5, 0.6) is 0 Å². The standard InChI is InChI=1S/C33H25ClF3N5O/c1-17-2-3-19-9-20(5-4-18(19)8-17)27-10-22(15-38-27)32-26-14-25(26)29-11-21(12-31(43)42(29)32)24-13-23(34)6-7-28(24)41-16-30(39-40-41)33(35,36)37/h4-7,9,11-13,15-16,25-26,32H,1-3,8,10,14H2. The first-order valence-corrected chi connectivity index (χ1v) is 14.6. The molecule has 8 rings (SSSR count). The molecule has 4 heterocycles. The van der Waals surface area contributed by atoms with Gasteiger partial charge in [0.1, 0.15) is 0 Å². The number of aromatic nitrogens is 4. The van der Waals surface area contributed by atoms with Crippen LogP contribution in [0.15, 0.2) is 88.4 Å². The van der Waals surface area contributed by atoms with Crippen LogP contribution in [0.3, 0.4) is 0 Å². The number of hydrogen-bond donors (Lipinski definition) is 0. The van der Waals surface area contributed by atoms with Crippen LogP contribution in [0.25, 0.3) is 16.8 Å². The highest BCUT2D eigenvalue weighted by molar-refractivity contribution is 6.31. The lowest BCUT2D eigenvalue weighted by molar-refractivity contribution is -0.141. The zero-order valence-corrected chi connectivity index (χ0v) is 23.7. The molecule has 0 radical (unpaired) electrons. The van der Waals surface area contributed by atoms with Crippen LogP contribution >= 0.6 is 11.6 Å². The highest BCUT2D eigenvalue weighted by Gasteiger charge is 2.54. The van der Waals surface area contributed by atoms with Crippen molar-refractivity contribution in [3.05, 3.63) is 122 Å². The minimum absolute atomic E-state index is 0.0627. The molecule has 4 aliphatic rings. The number of benzene rings is 2. The fraction of sp³-hybridized carbons (Fsp3) is 0.273. The third kappa shape index (κ3) is 4.40. The number of allylic oxidation sites excluding steroid dienone is 2. The monoisotopic (exact) mass is 599 g/mol. The molecule has 0 amide bonds. The van der Waals surface area contributed by atoms with Gasteiger partial charge >= 0.3 is 6.18 Å². The molecule has 2 aliphatic heterocycles.